The molecular weight excluding hydrogens is 797 g/mol. The van der Waals surface area contributed by atoms with Crippen molar-refractivity contribution in [2.24, 2.45) is 44.4 Å². The molecule has 0 fully saturated rings. The molecule has 0 rings (SSSR count). The normalized spacial score (nSPS) is 9.73. The fourth-order valence-corrected chi connectivity index (χ4v) is 5.41. The molecule has 0 aliphatic carbocycles. The number of nitrogens with two attached hydrogens (primary N) is 6. The Morgan fingerprint density at radius 3 is 0.742 bits per heavy atom. The Morgan fingerprint density at radius 1 is 0.371 bits per heavy atom. The number of aliphatic carboxylic acids is 3. The lowest BCUT2D eigenvalue weighted by molar-refractivity contribution is -0.135. The van der Waals surface area contributed by atoms with E-state index < -0.39 is 17.9 Å². The van der Waals surface area contributed by atoms with Crippen LogP contribution in [-0.2, 0) is 14.4 Å². The Hall–Kier alpha value is -4.59. The van der Waals surface area contributed by atoms with Crippen LogP contribution in [0, 0.1) is 10.8 Å². The van der Waals surface area contributed by atoms with Crippen LogP contribution in [0.15, 0.2) is 9.98 Å². The highest BCUT2D eigenvalue weighted by molar-refractivity contribution is 5.76. The van der Waals surface area contributed by atoms with Crippen LogP contribution in [0.25, 0.3) is 0 Å². The molecule has 20 heteroatoms. The summed E-state index contributed by atoms with van der Waals surface area (Å²) < 4.78 is 0. The molecule has 21 N–H and O–H groups in total. The number of nitrogens with zero attached hydrogens (tertiary/aromatic N) is 2. The van der Waals surface area contributed by atoms with Crippen molar-refractivity contribution < 1.29 is 29.7 Å². The van der Waals surface area contributed by atoms with Crippen molar-refractivity contribution in [1.82, 2.24) is 21.3 Å². The van der Waals surface area contributed by atoms with Crippen LogP contribution in [0.1, 0.15) is 175 Å². The molecule has 0 unspecified atom stereocenters. The van der Waals surface area contributed by atoms with Crippen LogP contribution in [0.2, 0.25) is 0 Å². The molecule has 0 aromatic rings. The third-order valence-corrected chi connectivity index (χ3v) is 8.30. The summed E-state index contributed by atoms with van der Waals surface area (Å²) in [6, 6.07) is 0. The summed E-state index contributed by atoms with van der Waals surface area (Å²) in [4.78, 5) is 35.0. The first-order valence-corrected chi connectivity index (χ1v) is 22.7. The number of carboxylic acids is 3. The van der Waals surface area contributed by atoms with Crippen LogP contribution in [0.5, 0.6) is 0 Å². The number of hydrogen-bond acceptors (Lipinski definition) is 9. The van der Waals surface area contributed by atoms with E-state index in [1.807, 2.05) is 0 Å². The van der Waals surface area contributed by atoms with Crippen LogP contribution in [-0.4, -0.2) is 109 Å². The molecule has 0 bridgehead atoms. The van der Waals surface area contributed by atoms with E-state index >= 15 is 0 Å². The SMILES string of the molecule is CC(=O)O.CC(=O)O.CC(=O)O.N=C(N)NCCCCCCCCNCCCCCCCCN=C(N)N.N=C(N)NCCCCCCCCNCCCCCCCCN=C(N)N. The molecule has 20 nitrogen and oxygen atoms in total. The highest BCUT2D eigenvalue weighted by atomic mass is 16.4. The highest BCUT2D eigenvalue weighted by Gasteiger charge is 1.96. The number of guanidine groups is 4. The van der Waals surface area contributed by atoms with Gasteiger partial charge in [-0.2, -0.15) is 0 Å². The molecule has 0 saturated heterocycles. The fourth-order valence-electron chi connectivity index (χ4n) is 5.41. The lowest BCUT2D eigenvalue weighted by atomic mass is 10.1. The topological polar surface area (TPSA) is 389 Å². The van der Waals surface area contributed by atoms with Gasteiger partial charge >= 0.3 is 0 Å². The Morgan fingerprint density at radius 2 is 0.548 bits per heavy atom. The number of rotatable bonds is 36. The zero-order chi connectivity index (χ0) is 47.9. The maximum absolute atomic E-state index is 9.00. The van der Waals surface area contributed by atoms with E-state index in [0.717, 1.165) is 98.8 Å². The highest BCUT2D eigenvalue weighted by Crippen LogP contribution is 2.08. The first-order chi connectivity index (χ1) is 29.4. The third-order valence-electron chi connectivity index (χ3n) is 8.30. The van der Waals surface area contributed by atoms with Gasteiger partial charge in [-0.1, -0.05) is 103 Å². The van der Waals surface area contributed by atoms with Gasteiger partial charge in [0.25, 0.3) is 17.9 Å². The molecule has 368 valence electrons. The van der Waals surface area contributed by atoms with Crippen LogP contribution >= 0.6 is 0 Å². The van der Waals surface area contributed by atoms with Gasteiger partial charge in [0.2, 0.25) is 0 Å². The van der Waals surface area contributed by atoms with Gasteiger partial charge in [0, 0.05) is 47.0 Å². The van der Waals surface area contributed by atoms with Gasteiger partial charge in [0.05, 0.1) is 0 Å². The Labute approximate surface area is 374 Å². The Kier molecular flexibility index (Phi) is 62.8. The average Bonchev–Trinajstić information content (AvgIpc) is 3.16. The number of unbranched alkanes of at least 4 members (excludes halogenated alkanes) is 20. The zero-order valence-corrected chi connectivity index (χ0v) is 39.1. The van der Waals surface area contributed by atoms with Gasteiger partial charge in [-0.15, -0.1) is 0 Å². The zero-order valence-electron chi connectivity index (χ0n) is 39.1. The molecule has 0 aromatic heterocycles. The molecule has 0 radical (unpaired) electrons. The van der Waals surface area contributed by atoms with Crippen molar-refractivity contribution >= 4 is 41.7 Å². The second-order valence-electron chi connectivity index (χ2n) is 14.8. The van der Waals surface area contributed by atoms with Crippen molar-refractivity contribution in [2.45, 2.75) is 175 Å². The van der Waals surface area contributed by atoms with Crippen molar-refractivity contribution in [1.29, 1.82) is 10.8 Å². The van der Waals surface area contributed by atoms with Crippen molar-refractivity contribution in [3.63, 3.8) is 0 Å². The van der Waals surface area contributed by atoms with E-state index in [1.165, 1.54) is 128 Å². The molecule has 0 aliphatic rings. The fraction of sp³-hybridized carbons (Fsp3) is 0.833. The van der Waals surface area contributed by atoms with Gasteiger partial charge < -0.3 is 71.0 Å². The summed E-state index contributed by atoms with van der Waals surface area (Å²) in [6.45, 7) is 11.0. The number of carboxylic acid groups (broad SMARTS) is 3. The third kappa shape index (κ3) is 106. The summed E-state index contributed by atoms with van der Waals surface area (Å²) in [5, 5.41) is 49.1. The van der Waals surface area contributed by atoms with Gasteiger partial charge in [0.15, 0.2) is 23.8 Å². The summed E-state index contributed by atoms with van der Waals surface area (Å²) in [7, 11) is 0. The predicted molar refractivity (Wildman–Crippen MR) is 258 cm³/mol. The lowest BCUT2D eigenvalue weighted by Crippen LogP contribution is -2.30. The largest absolute Gasteiger partial charge is 0.481 e. The van der Waals surface area contributed by atoms with Crippen LogP contribution < -0.4 is 55.7 Å². The monoisotopic (exact) mass is 891 g/mol. The molecule has 0 saturated carbocycles. The molecule has 0 spiro atoms. The second kappa shape index (κ2) is 58.5. The van der Waals surface area contributed by atoms with Gasteiger partial charge in [-0.05, 0) is 77.5 Å². The number of aliphatic imine (C=N–C) groups is 2. The van der Waals surface area contributed by atoms with Crippen LogP contribution in [0.4, 0.5) is 0 Å². The smallest absolute Gasteiger partial charge is 0.300 e. The molecule has 62 heavy (non-hydrogen) atoms. The Balaban J connectivity index is -0.000000276. The van der Waals surface area contributed by atoms with Gasteiger partial charge in [0.1, 0.15) is 0 Å². The molecule has 0 heterocycles. The predicted octanol–water partition coefficient (Wildman–Crippen LogP) is 4.30. The van der Waals surface area contributed by atoms with E-state index in [1.54, 1.807) is 0 Å². The molecule has 0 amide bonds. The van der Waals surface area contributed by atoms with Gasteiger partial charge in [-0.3, -0.25) is 35.2 Å². The minimum Gasteiger partial charge on any atom is -0.481 e. The summed E-state index contributed by atoms with van der Waals surface area (Å²) in [5.41, 5.74) is 31.6. The standard InChI is InChI=1S/2C18H41N7.3C2H4O2/c2*19-17(20)24-15-11-7-3-1-5-9-13-23-14-10-6-2-4-8-12-16-25-18(21)22;3*1-2(3)4/h2*23H,1-16H2,(H4,19,20,24)(H4,21,22,25);3*1H3,(H,3,4). The minimum absolute atomic E-state index is 0.0777. The first kappa shape index (κ1) is 66.5. The van der Waals surface area contributed by atoms with E-state index in [9.17, 15) is 0 Å². The maximum atomic E-state index is 9.00. The minimum atomic E-state index is -0.833. The van der Waals surface area contributed by atoms with Crippen molar-refractivity contribution in [3.05, 3.63) is 0 Å². The maximum Gasteiger partial charge on any atom is 0.300 e. The average molecular weight is 891 g/mol. The summed E-state index contributed by atoms with van der Waals surface area (Å²) in [6.07, 6.45) is 29.9. The van der Waals surface area contributed by atoms with E-state index in [4.69, 9.17) is 74.9 Å². The molecule has 0 aliphatic heterocycles. The van der Waals surface area contributed by atoms with Gasteiger partial charge in [-0.25, -0.2) is 0 Å². The quantitative estimate of drug-likeness (QED) is 0.0237. The van der Waals surface area contributed by atoms with E-state index in [0.29, 0.717) is 0 Å². The number of hydrogen-bond donors (Lipinski definition) is 15. The molecule has 0 atom stereocenters. The van der Waals surface area contributed by atoms with Crippen LogP contribution in [0.3, 0.4) is 0 Å². The second-order valence-corrected chi connectivity index (χ2v) is 14.8. The number of carbonyl (C=O) groups is 3. The first-order valence-electron chi connectivity index (χ1n) is 22.7. The number of nitrogens with one attached hydrogen (secondary N) is 6. The lowest BCUT2D eigenvalue weighted by Gasteiger charge is -2.06. The van der Waals surface area contributed by atoms with Crippen molar-refractivity contribution in [3.8, 4) is 0 Å². The molecule has 0 aromatic carbocycles. The van der Waals surface area contributed by atoms with E-state index in [2.05, 4.69) is 31.3 Å². The summed E-state index contributed by atoms with van der Waals surface area (Å²) >= 11 is 0. The van der Waals surface area contributed by atoms with E-state index in [-0.39, 0.29) is 23.8 Å². The Bertz CT molecular complexity index is 972. The van der Waals surface area contributed by atoms with Crippen molar-refractivity contribution in [2.75, 3.05) is 52.4 Å². The molecular formula is C42H94N14O6. The summed E-state index contributed by atoms with van der Waals surface area (Å²) in [5.74, 6) is -1.94.